The summed E-state index contributed by atoms with van der Waals surface area (Å²) in [5.41, 5.74) is 4.96. The molecule has 0 fully saturated rings. The molecule has 22 heavy (non-hydrogen) atoms. The number of thiophene rings is 1. The molecule has 1 amide bonds. The van der Waals surface area contributed by atoms with Crippen molar-refractivity contribution in [2.45, 2.75) is 20.4 Å². The quantitative estimate of drug-likeness (QED) is 0.594. The number of carbonyl (C=O) groups is 1. The van der Waals surface area contributed by atoms with Crippen LogP contribution in [0.3, 0.4) is 0 Å². The maximum atomic E-state index is 12.1. The number of hydrazone groups is 1. The Kier molecular flexibility index (Phi) is 4.02. The van der Waals surface area contributed by atoms with Crippen LogP contribution < -0.4 is 5.43 Å². The lowest BCUT2D eigenvalue weighted by atomic mass is 10.2. The molecule has 0 atom stereocenters. The van der Waals surface area contributed by atoms with Crippen LogP contribution in [0.4, 0.5) is 0 Å². The number of benzene rings is 1. The standard InChI is InChI=1S/C16H16N4OS/c1-3-20-11(2)18-14-9-12(6-7-15(14)20)16(21)19-17-10-13-5-4-8-22-13/h4-10H,3H2,1-2H3,(H,19,21)/b17-10-. The van der Waals surface area contributed by atoms with E-state index >= 15 is 0 Å². The molecular weight excluding hydrogens is 296 g/mol. The number of rotatable bonds is 4. The van der Waals surface area contributed by atoms with Crippen LogP contribution in [0.25, 0.3) is 11.0 Å². The fraction of sp³-hybridized carbons (Fsp3) is 0.188. The number of carbonyl (C=O) groups excluding carboxylic acids is 1. The summed E-state index contributed by atoms with van der Waals surface area (Å²) in [5.74, 6) is 0.712. The van der Waals surface area contributed by atoms with Crippen molar-refractivity contribution in [3.63, 3.8) is 0 Å². The summed E-state index contributed by atoms with van der Waals surface area (Å²) in [4.78, 5) is 17.6. The van der Waals surface area contributed by atoms with Gasteiger partial charge >= 0.3 is 0 Å². The van der Waals surface area contributed by atoms with Crippen LogP contribution >= 0.6 is 11.3 Å². The van der Waals surface area contributed by atoms with Gasteiger partial charge < -0.3 is 4.57 Å². The number of fused-ring (bicyclic) bond motifs is 1. The van der Waals surface area contributed by atoms with E-state index in [9.17, 15) is 4.79 Å². The van der Waals surface area contributed by atoms with Crippen molar-refractivity contribution < 1.29 is 4.79 Å². The number of imidazole rings is 1. The first kappa shape index (κ1) is 14.5. The van der Waals surface area contributed by atoms with Gasteiger partial charge in [-0.05, 0) is 43.5 Å². The molecule has 0 spiro atoms. The topological polar surface area (TPSA) is 59.3 Å². The Morgan fingerprint density at radius 1 is 1.45 bits per heavy atom. The smallest absolute Gasteiger partial charge is 0.271 e. The van der Waals surface area contributed by atoms with Crippen LogP contribution in [0, 0.1) is 6.92 Å². The summed E-state index contributed by atoms with van der Waals surface area (Å²) in [6.07, 6.45) is 1.64. The van der Waals surface area contributed by atoms with E-state index in [1.165, 1.54) is 0 Å². The molecule has 2 heterocycles. The Labute approximate surface area is 132 Å². The van der Waals surface area contributed by atoms with E-state index in [-0.39, 0.29) is 5.91 Å². The van der Waals surface area contributed by atoms with Gasteiger partial charge in [-0.15, -0.1) is 11.3 Å². The zero-order valence-electron chi connectivity index (χ0n) is 12.4. The molecule has 1 N–H and O–H groups in total. The summed E-state index contributed by atoms with van der Waals surface area (Å²) in [5, 5.41) is 5.93. The average Bonchev–Trinajstić information content (AvgIpc) is 3.12. The Morgan fingerprint density at radius 2 is 2.32 bits per heavy atom. The van der Waals surface area contributed by atoms with Gasteiger partial charge in [-0.25, -0.2) is 10.4 Å². The molecular formula is C16H16N4OS. The third kappa shape index (κ3) is 2.78. The van der Waals surface area contributed by atoms with E-state index in [4.69, 9.17) is 0 Å². The minimum Gasteiger partial charge on any atom is -0.329 e. The number of hydrogen-bond donors (Lipinski definition) is 1. The molecule has 112 valence electrons. The lowest BCUT2D eigenvalue weighted by Crippen LogP contribution is -2.17. The molecule has 0 unspecified atom stereocenters. The van der Waals surface area contributed by atoms with Crippen LogP contribution in [0.15, 0.2) is 40.8 Å². The maximum absolute atomic E-state index is 12.1. The molecule has 5 nitrogen and oxygen atoms in total. The van der Waals surface area contributed by atoms with Crippen molar-refractivity contribution in [1.29, 1.82) is 0 Å². The molecule has 3 rings (SSSR count). The molecule has 6 heteroatoms. The highest BCUT2D eigenvalue weighted by Crippen LogP contribution is 2.17. The first-order valence-electron chi connectivity index (χ1n) is 7.03. The monoisotopic (exact) mass is 312 g/mol. The second-order valence-corrected chi connectivity index (χ2v) is 5.80. The minimum absolute atomic E-state index is 0.238. The third-order valence-electron chi connectivity index (χ3n) is 3.42. The van der Waals surface area contributed by atoms with Crippen LogP contribution in [0.5, 0.6) is 0 Å². The number of aryl methyl sites for hydroxylation is 2. The van der Waals surface area contributed by atoms with E-state index in [1.54, 1.807) is 29.7 Å². The van der Waals surface area contributed by atoms with Gasteiger partial charge in [0, 0.05) is 17.0 Å². The summed E-state index contributed by atoms with van der Waals surface area (Å²) in [7, 11) is 0. The molecule has 0 saturated carbocycles. The molecule has 1 aromatic carbocycles. The van der Waals surface area contributed by atoms with Crippen LogP contribution in [0.1, 0.15) is 28.0 Å². The van der Waals surface area contributed by atoms with Gasteiger partial charge in [-0.1, -0.05) is 6.07 Å². The Bertz CT molecular complexity index is 833. The average molecular weight is 312 g/mol. The second-order valence-electron chi connectivity index (χ2n) is 4.82. The normalized spacial score (nSPS) is 11.4. The fourth-order valence-electron chi connectivity index (χ4n) is 2.37. The van der Waals surface area contributed by atoms with Crippen molar-refractivity contribution in [2.75, 3.05) is 0 Å². The lowest BCUT2D eigenvalue weighted by molar-refractivity contribution is 0.0955. The molecule has 3 aromatic rings. The van der Waals surface area contributed by atoms with Crippen LogP contribution in [-0.2, 0) is 6.54 Å². The largest absolute Gasteiger partial charge is 0.329 e. The van der Waals surface area contributed by atoms with Gasteiger partial charge in [0.25, 0.3) is 5.91 Å². The highest BCUT2D eigenvalue weighted by Gasteiger charge is 2.10. The predicted molar refractivity (Wildman–Crippen MR) is 89.5 cm³/mol. The predicted octanol–water partition coefficient (Wildman–Crippen LogP) is 3.19. The number of nitrogens with one attached hydrogen (secondary N) is 1. The zero-order chi connectivity index (χ0) is 15.5. The van der Waals surface area contributed by atoms with Crippen molar-refractivity contribution in [2.24, 2.45) is 5.10 Å². The third-order valence-corrected chi connectivity index (χ3v) is 4.23. The molecule has 2 aromatic heterocycles. The molecule has 0 aliphatic rings. The van der Waals surface area contributed by atoms with Crippen LogP contribution in [0.2, 0.25) is 0 Å². The van der Waals surface area contributed by atoms with Gasteiger partial charge in [0.15, 0.2) is 0 Å². The minimum atomic E-state index is -0.238. The summed E-state index contributed by atoms with van der Waals surface area (Å²) >= 11 is 1.57. The molecule has 0 radical (unpaired) electrons. The molecule has 0 aliphatic heterocycles. The molecule has 0 aliphatic carbocycles. The Morgan fingerprint density at radius 3 is 3.05 bits per heavy atom. The zero-order valence-corrected chi connectivity index (χ0v) is 13.2. The van der Waals surface area contributed by atoms with E-state index in [2.05, 4.69) is 27.0 Å². The first-order valence-corrected chi connectivity index (χ1v) is 7.91. The number of aromatic nitrogens is 2. The van der Waals surface area contributed by atoms with E-state index in [0.717, 1.165) is 28.3 Å². The van der Waals surface area contributed by atoms with Gasteiger partial charge in [-0.2, -0.15) is 5.10 Å². The second kappa shape index (κ2) is 6.11. The Balaban J connectivity index is 1.79. The van der Waals surface area contributed by atoms with Crippen molar-refractivity contribution in [3.8, 4) is 0 Å². The van der Waals surface area contributed by atoms with E-state index < -0.39 is 0 Å². The van der Waals surface area contributed by atoms with Crippen molar-refractivity contribution in [3.05, 3.63) is 52.0 Å². The van der Waals surface area contributed by atoms with Crippen molar-refractivity contribution in [1.82, 2.24) is 15.0 Å². The van der Waals surface area contributed by atoms with Crippen molar-refractivity contribution >= 4 is 34.5 Å². The highest BCUT2D eigenvalue weighted by atomic mass is 32.1. The van der Waals surface area contributed by atoms with E-state index in [0.29, 0.717) is 5.56 Å². The summed E-state index contributed by atoms with van der Waals surface area (Å²) in [6.45, 7) is 4.90. The maximum Gasteiger partial charge on any atom is 0.271 e. The number of amides is 1. The summed E-state index contributed by atoms with van der Waals surface area (Å²) < 4.78 is 2.12. The lowest BCUT2D eigenvalue weighted by Gasteiger charge is -2.02. The van der Waals surface area contributed by atoms with Gasteiger partial charge in [0.05, 0.1) is 17.2 Å². The van der Waals surface area contributed by atoms with E-state index in [1.807, 2.05) is 30.5 Å². The van der Waals surface area contributed by atoms with Gasteiger partial charge in [0.1, 0.15) is 5.82 Å². The number of nitrogens with zero attached hydrogens (tertiary/aromatic N) is 3. The van der Waals surface area contributed by atoms with Gasteiger partial charge in [0.2, 0.25) is 0 Å². The SMILES string of the molecule is CCn1c(C)nc2cc(C(=O)N/N=C\c3cccs3)ccc21. The highest BCUT2D eigenvalue weighted by molar-refractivity contribution is 7.11. The van der Waals surface area contributed by atoms with Crippen LogP contribution in [-0.4, -0.2) is 21.7 Å². The fourth-order valence-corrected chi connectivity index (χ4v) is 2.96. The van der Waals surface area contributed by atoms with Gasteiger partial charge in [-0.3, -0.25) is 4.79 Å². The molecule has 0 saturated heterocycles. The summed E-state index contributed by atoms with van der Waals surface area (Å²) in [6, 6.07) is 9.40. The number of hydrogen-bond acceptors (Lipinski definition) is 4. The Hall–Kier alpha value is -2.47. The molecule has 0 bridgehead atoms. The first-order chi connectivity index (χ1) is 10.7.